The molecule has 1 aromatic rings. The first-order valence-corrected chi connectivity index (χ1v) is 11.1. The maximum absolute atomic E-state index is 13.1. The van der Waals surface area contributed by atoms with E-state index in [0.717, 1.165) is 38.0 Å². The summed E-state index contributed by atoms with van der Waals surface area (Å²) in [5, 5.41) is 9.18. The van der Waals surface area contributed by atoms with Crippen molar-refractivity contribution in [3.05, 3.63) is 28.3 Å². The van der Waals surface area contributed by atoms with Crippen LogP contribution < -0.4 is 4.74 Å². The average molecular weight is 402 g/mol. The molecule has 1 N–H and O–H groups in total. The van der Waals surface area contributed by atoms with Crippen molar-refractivity contribution in [1.29, 1.82) is 0 Å². The minimum absolute atomic E-state index is 0.0375. The Bertz CT molecular complexity index is 765. The molecule has 160 valence electrons. The summed E-state index contributed by atoms with van der Waals surface area (Å²) < 4.78 is 5.98. The molecule has 1 aliphatic carbocycles. The van der Waals surface area contributed by atoms with E-state index < -0.39 is 5.97 Å². The SMILES string of the molecule is CCCOc1cc(C)c2c(c1C)CC(C(C)C(=O)N1CCC(C(=O)O)CC1)CC2. The van der Waals surface area contributed by atoms with Crippen LogP contribution in [0, 0.1) is 31.6 Å². The van der Waals surface area contributed by atoms with Crippen molar-refractivity contribution in [1.82, 2.24) is 4.90 Å². The standard InChI is InChI=1S/C24H35NO4/c1-5-12-29-22-13-15(2)20-7-6-19(14-21(20)17(22)4)16(3)23(26)25-10-8-18(9-11-25)24(27)28/h13,16,18-19H,5-12,14H2,1-4H3,(H,27,28). The number of nitrogens with zero attached hydrogens (tertiary/aromatic N) is 1. The van der Waals surface area contributed by atoms with Crippen LogP contribution in [0.15, 0.2) is 6.07 Å². The van der Waals surface area contributed by atoms with E-state index in [0.29, 0.717) is 31.8 Å². The van der Waals surface area contributed by atoms with Gasteiger partial charge in [-0.2, -0.15) is 0 Å². The fourth-order valence-corrected chi connectivity index (χ4v) is 4.95. The van der Waals surface area contributed by atoms with Crippen LogP contribution in [0.5, 0.6) is 5.75 Å². The lowest BCUT2D eigenvalue weighted by atomic mass is 9.74. The van der Waals surface area contributed by atoms with E-state index in [1.54, 1.807) is 0 Å². The molecule has 2 atom stereocenters. The number of benzene rings is 1. The smallest absolute Gasteiger partial charge is 0.306 e. The highest BCUT2D eigenvalue weighted by molar-refractivity contribution is 5.79. The number of aliphatic carboxylic acids is 1. The van der Waals surface area contributed by atoms with Gasteiger partial charge in [0.05, 0.1) is 12.5 Å². The number of hydrogen-bond acceptors (Lipinski definition) is 3. The van der Waals surface area contributed by atoms with Gasteiger partial charge in [0.25, 0.3) is 0 Å². The zero-order valence-corrected chi connectivity index (χ0v) is 18.3. The van der Waals surface area contributed by atoms with E-state index in [1.165, 1.54) is 22.3 Å². The number of piperidine rings is 1. The average Bonchev–Trinajstić information content (AvgIpc) is 2.73. The molecule has 1 fully saturated rings. The van der Waals surface area contributed by atoms with Crippen LogP contribution in [-0.2, 0) is 22.4 Å². The maximum atomic E-state index is 13.1. The van der Waals surface area contributed by atoms with Crippen LogP contribution in [-0.4, -0.2) is 41.6 Å². The van der Waals surface area contributed by atoms with Gasteiger partial charge in [0.15, 0.2) is 0 Å². The molecular formula is C24H35NO4. The van der Waals surface area contributed by atoms with Crippen molar-refractivity contribution in [3.63, 3.8) is 0 Å². The number of carbonyl (C=O) groups is 2. The molecule has 1 heterocycles. The molecule has 0 spiro atoms. The number of likely N-dealkylation sites (tertiary alicyclic amines) is 1. The summed E-state index contributed by atoms with van der Waals surface area (Å²) in [6.45, 7) is 10.3. The highest BCUT2D eigenvalue weighted by Gasteiger charge is 2.34. The van der Waals surface area contributed by atoms with Gasteiger partial charge in [-0.25, -0.2) is 0 Å². The lowest BCUT2D eigenvalue weighted by molar-refractivity contribution is -0.147. The fourth-order valence-electron chi connectivity index (χ4n) is 4.95. The Labute approximate surface area is 174 Å². The summed E-state index contributed by atoms with van der Waals surface area (Å²) in [5.74, 6) is 0.425. The van der Waals surface area contributed by atoms with Gasteiger partial charge >= 0.3 is 5.97 Å². The number of rotatable bonds is 6. The largest absolute Gasteiger partial charge is 0.493 e. The monoisotopic (exact) mass is 401 g/mol. The van der Waals surface area contributed by atoms with Crippen molar-refractivity contribution in [2.24, 2.45) is 17.8 Å². The van der Waals surface area contributed by atoms with Crippen molar-refractivity contribution >= 4 is 11.9 Å². The summed E-state index contributed by atoms with van der Waals surface area (Å²) >= 11 is 0. The second-order valence-corrected chi connectivity index (χ2v) is 8.85. The number of hydrogen-bond donors (Lipinski definition) is 1. The fraction of sp³-hybridized carbons (Fsp3) is 0.667. The van der Waals surface area contributed by atoms with E-state index in [-0.39, 0.29) is 17.7 Å². The van der Waals surface area contributed by atoms with Crippen LogP contribution in [0.2, 0.25) is 0 Å². The van der Waals surface area contributed by atoms with Crippen molar-refractivity contribution in [2.75, 3.05) is 19.7 Å². The van der Waals surface area contributed by atoms with E-state index >= 15 is 0 Å². The molecule has 2 unspecified atom stereocenters. The number of carboxylic acid groups (broad SMARTS) is 1. The Kier molecular flexibility index (Phi) is 6.86. The molecule has 0 aromatic heterocycles. The zero-order chi connectivity index (χ0) is 21.1. The number of amides is 1. The quantitative estimate of drug-likeness (QED) is 0.777. The molecule has 5 heteroatoms. The number of carboxylic acids is 1. The van der Waals surface area contributed by atoms with Crippen molar-refractivity contribution in [2.45, 2.75) is 66.2 Å². The van der Waals surface area contributed by atoms with Gasteiger partial charge in [0.1, 0.15) is 5.75 Å². The van der Waals surface area contributed by atoms with Gasteiger partial charge in [-0.3, -0.25) is 9.59 Å². The molecule has 1 aromatic carbocycles. The first-order valence-electron chi connectivity index (χ1n) is 11.1. The molecule has 0 saturated carbocycles. The minimum Gasteiger partial charge on any atom is -0.493 e. The third-order valence-electron chi connectivity index (χ3n) is 6.96. The molecule has 0 bridgehead atoms. The number of fused-ring (bicyclic) bond motifs is 1. The third-order valence-corrected chi connectivity index (χ3v) is 6.96. The summed E-state index contributed by atoms with van der Waals surface area (Å²) in [4.78, 5) is 26.2. The molecule has 1 amide bonds. The molecule has 29 heavy (non-hydrogen) atoms. The van der Waals surface area contributed by atoms with Gasteiger partial charge < -0.3 is 14.7 Å². The summed E-state index contributed by atoms with van der Waals surface area (Å²) in [7, 11) is 0. The Hall–Kier alpha value is -2.04. The first-order chi connectivity index (χ1) is 13.8. The van der Waals surface area contributed by atoms with Crippen LogP contribution in [0.1, 0.15) is 61.8 Å². The van der Waals surface area contributed by atoms with E-state index in [9.17, 15) is 14.7 Å². The molecule has 3 rings (SSSR count). The molecule has 1 aliphatic heterocycles. The predicted molar refractivity (Wildman–Crippen MR) is 113 cm³/mol. The molecule has 1 saturated heterocycles. The Morgan fingerprint density at radius 3 is 2.52 bits per heavy atom. The normalized spacial score (nSPS) is 20.8. The number of ether oxygens (including phenoxy) is 1. The zero-order valence-electron chi connectivity index (χ0n) is 18.3. The van der Waals surface area contributed by atoms with E-state index in [4.69, 9.17) is 4.74 Å². The lowest BCUT2D eigenvalue weighted by Gasteiger charge is -2.36. The van der Waals surface area contributed by atoms with Crippen LogP contribution >= 0.6 is 0 Å². The van der Waals surface area contributed by atoms with Crippen LogP contribution in [0.25, 0.3) is 0 Å². The van der Waals surface area contributed by atoms with E-state index in [2.05, 4.69) is 33.8 Å². The third kappa shape index (κ3) is 4.59. The second kappa shape index (κ2) is 9.19. The lowest BCUT2D eigenvalue weighted by Crippen LogP contribution is -2.44. The molecule has 2 aliphatic rings. The summed E-state index contributed by atoms with van der Waals surface area (Å²) in [5.41, 5.74) is 5.33. The van der Waals surface area contributed by atoms with Gasteiger partial charge in [-0.15, -0.1) is 0 Å². The van der Waals surface area contributed by atoms with Gasteiger partial charge in [-0.05, 0) is 86.6 Å². The summed E-state index contributed by atoms with van der Waals surface area (Å²) in [6, 6.07) is 2.17. The topological polar surface area (TPSA) is 66.8 Å². The Morgan fingerprint density at radius 2 is 1.90 bits per heavy atom. The molecular weight excluding hydrogens is 366 g/mol. The van der Waals surface area contributed by atoms with Gasteiger partial charge in [-0.1, -0.05) is 13.8 Å². The highest BCUT2D eigenvalue weighted by Crippen LogP contribution is 2.38. The van der Waals surface area contributed by atoms with Gasteiger partial charge in [0.2, 0.25) is 5.91 Å². The summed E-state index contributed by atoms with van der Waals surface area (Å²) in [6.07, 6.45) is 5.09. The highest BCUT2D eigenvalue weighted by atomic mass is 16.5. The minimum atomic E-state index is -0.735. The Morgan fingerprint density at radius 1 is 1.21 bits per heavy atom. The number of aryl methyl sites for hydroxylation is 1. The van der Waals surface area contributed by atoms with E-state index in [1.807, 2.05) is 4.90 Å². The molecule has 5 nitrogen and oxygen atoms in total. The van der Waals surface area contributed by atoms with Crippen LogP contribution in [0.3, 0.4) is 0 Å². The van der Waals surface area contributed by atoms with Gasteiger partial charge in [0, 0.05) is 19.0 Å². The van der Waals surface area contributed by atoms with Crippen LogP contribution in [0.4, 0.5) is 0 Å². The van der Waals surface area contributed by atoms with Crippen molar-refractivity contribution in [3.8, 4) is 5.75 Å². The van der Waals surface area contributed by atoms with Crippen molar-refractivity contribution < 1.29 is 19.4 Å². The molecule has 0 radical (unpaired) electrons. The Balaban J connectivity index is 1.70. The number of carbonyl (C=O) groups excluding carboxylic acids is 1. The maximum Gasteiger partial charge on any atom is 0.306 e. The second-order valence-electron chi connectivity index (χ2n) is 8.85. The first kappa shape index (κ1) is 21.7. The predicted octanol–water partition coefficient (Wildman–Crippen LogP) is 4.16.